The van der Waals surface area contributed by atoms with Gasteiger partial charge in [-0.2, -0.15) is 0 Å². The fourth-order valence-electron chi connectivity index (χ4n) is 2.72. The van der Waals surface area contributed by atoms with Gasteiger partial charge >= 0.3 is 35.5 Å². The van der Waals surface area contributed by atoms with E-state index in [4.69, 9.17) is 16.6 Å². The number of nitrogens with two attached hydrogens (primary N) is 2. The average Bonchev–Trinajstić information content (AvgIpc) is 2.60. The molecule has 0 saturated heterocycles. The molecule has 0 heterocycles. The first-order valence-corrected chi connectivity index (χ1v) is 10.7. The monoisotopic (exact) mass is 410 g/mol. The van der Waals surface area contributed by atoms with Crippen LogP contribution in [0, 0.1) is 0 Å². The van der Waals surface area contributed by atoms with Gasteiger partial charge in [-0.05, 0) is 19.3 Å². The van der Waals surface area contributed by atoms with Crippen molar-refractivity contribution in [1.29, 1.82) is 0 Å². The van der Waals surface area contributed by atoms with E-state index in [9.17, 15) is 14.4 Å². The first kappa shape index (κ1) is 32.1. The van der Waals surface area contributed by atoms with Crippen LogP contribution in [0.25, 0.3) is 0 Å². The predicted octanol–water partition coefficient (Wildman–Crippen LogP) is 4.03. The Hall–Kier alpha value is -0.590. The second kappa shape index (κ2) is 26.4. The van der Waals surface area contributed by atoms with Crippen LogP contribution in [0.2, 0.25) is 0 Å². The zero-order valence-electron chi connectivity index (χ0n) is 17.3. The quantitative estimate of drug-likeness (QED) is 0.233. The Labute approximate surface area is 193 Å². The minimum absolute atomic E-state index is 0. The van der Waals surface area contributed by atoms with E-state index in [1.807, 2.05) is 0 Å². The van der Waals surface area contributed by atoms with Crippen molar-refractivity contribution in [2.45, 2.75) is 116 Å². The van der Waals surface area contributed by atoms with Gasteiger partial charge in [0.2, 0.25) is 11.8 Å². The number of rotatable bonds is 18. The third kappa shape index (κ3) is 36.3. The summed E-state index contributed by atoms with van der Waals surface area (Å²) in [5.74, 6) is -1.31. The summed E-state index contributed by atoms with van der Waals surface area (Å²) in [4.78, 5) is 30.6. The van der Waals surface area contributed by atoms with Gasteiger partial charge in [0.25, 0.3) is 0 Å². The molecular weight excluding hydrogens is 367 g/mol. The van der Waals surface area contributed by atoms with Crippen LogP contribution in [0.3, 0.4) is 0 Å². The molecule has 6 nitrogen and oxygen atoms in total. The summed E-state index contributed by atoms with van der Waals surface area (Å²) in [6.07, 6.45) is 17.8. The molecule has 2 amide bonds. The third-order valence-corrected chi connectivity index (χ3v) is 4.34. The van der Waals surface area contributed by atoms with Gasteiger partial charge in [0.15, 0.2) is 0 Å². The summed E-state index contributed by atoms with van der Waals surface area (Å²) in [7, 11) is 0. The maximum atomic E-state index is 10.3. The Balaban J connectivity index is -0.000000489. The number of carboxylic acids is 1. The molecule has 0 aliphatic carbocycles. The van der Waals surface area contributed by atoms with E-state index in [0.717, 1.165) is 12.8 Å². The molecule has 0 aromatic rings. The number of unbranched alkanes of at least 4 members (excludes halogenated alkanes) is 12. The molecular formula is C21H43N2NaO4. The Bertz CT molecular complexity index is 363. The van der Waals surface area contributed by atoms with E-state index in [2.05, 4.69) is 6.92 Å². The molecule has 5 N–H and O–H groups in total. The molecule has 0 fully saturated rings. The van der Waals surface area contributed by atoms with Gasteiger partial charge in [-0.1, -0.05) is 77.6 Å². The number of hydrogen-bond acceptors (Lipinski definition) is 3. The van der Waals surface area contributed by atoms with Gasteiger partial charge < -0.3 is 16.6 Å². The normalized spacial score (nSPS) is 9.75. The summed E-state index contributed by atoms with van der Waals surface area (Å²) < 4.78 is 0. The van der Waals surface area contributed by atoms with Gasteiger partial charge in [0.05, 0.1) is 0 Å². The second-order valence-electron chi connectivity index (χ2n) is 7.17. The maximum absolute atomic E-state index is 10.3. The summed E-state index contributed by atoms with van der Waals surface area (Å²) in [5, 5.41) is 8.47. The predicted molar refractivity (Wildman–Crippen MR) is 117 cm³/mol. The van der Waals surface area contributed by atoms with Crippen LogP contribution in [-0.2, 0) is 14.4 Å². The Morgan fingerprint density at radius 2 is 0.857 bits per heavy atom. The average molecular weight is 411 g/mol. The Morgan fingerprint density at radius 3 is 1.14 bits per heavy atom. The summed E-state index contributed by atoms with van der Waals surface area (Å²) in [6, 6.07) is 0. The topological polar surface area (TPSA) is 123 Å². The van der Waals surface area contributed by atoms with Gasteiger partial charge in [0.1, 0.15) is 0 Å². The molecule has 0 rings (SSSR count). The molecule has 7 heteroatoms. The Kier molecular flexibility index (Phi) is 30.3. The van der Waals surface area contributed by atoms with Crippen molar-refractivity contribution in [3.8, 4) is 0 Å². The van der Waals surface area contributed by atoms with E-state index in [-0.39, 0.29) is 41.4 Å². The number of hydrogen-bond donors (Lipinski definition) is 3. The number of aliphatic carboxylic acids is 1. The summed E-state index contributed by atoms with van der Waals surface area (Å²) in [6.45, 7) is 2.25. The van der Waals surface area contributed by atoms with Crippen LogP contribution in [0.4, 0.5) is 0 Å². The minimum atomic E-state index is -0.655. The molecule has 0 aromatic heterocycles. The zero-order valence-corrected chi connectivity index (χ0v) is 17.3. The van der Waals surface area contributed by atoms with Crippen molar-refractivity contribution in [1.82, 2.24) is 0 Å². The number of carboxylic acid groups (broad SMARTS) is 1. The zero-order chi connectivity index (χ0) is 20.8. The van der Waals surface area contributed by atoms with Crippen LogP contribution in [-0.4, -0.2) is 52.4 Å². The van der Waals surface area contributed by atoms with Crippen molar-refractivity contribution in [3.05, 3.63) is 0 Å². The van der Waals surface area contributed by atoms with E-state index >= 15 is 0 Å². The molecule has 0 atom stereocenters. The van der Waals surface area contributed by atoms with Gasteiger partial charge in [-0.25, -0.2) is 0 Å². The van der Waals surface area contributed by atoms with E-state index in [0.29, 0.717) is 32.1 Å². The first-order valence-electron chi connectivity index (χ1n) is 10.7. The molecule has 0 saturated carbocycles. The van der Waals surface area contributed by atoms with Crippen molar-refractivity contribution < 1.29 is 19.5 Å². The van der Waals surface area contributed by atoms with E-state index in [1.54, 1.807) is 0 Å². The fourth-order valence-corrected chi connectivity index (χ4v) is 2.72. The molecule has 0 aromatic carbocycles. The molecule has 0 aliphatic rings. The van der Waals surface area contributed by atoms with Crippen molar-refractivity contribution >= 4 is 47.3 Å². The molecule has 0 unspecified atom stereocenters. The number of carbonyl (C=O) groups excluding carboxylic acids is 2. The number of carbonyl (C=O) groups is 3. The Morgan fingerprint density at radius 1 is 0.571 bits per heavy atom. The van der Waals surface area contributed by atoms with Crippen LogP contribution in [0.15, 0.2) is 0 Å². The van der Waals surface area contributed by atoms with Gasteiger partial charge in [-0.3, -0.25) is 14.4 Å². The van der Waals surface area contributed by atoms with E-state index < -0.39 is 5.97 Å². The summed E-state index contributed by atoms with van der Waals surface area (Å²) >= 11 is 0. The van der Waals surface area contributed by atoms with Crippen LogP contribution < -0.4 is 11.5 Å². The number of amides is 2. The van der Waals surface area contributed by atoms with Crippen LogP contribution >= 0.6 is 0 Å². The van der Waals surface area contributed by atoms with Gasteiger partial charge in [0, 0.05) is 19.3 Å². The molecule has 28 heavy (non-hydrogen) atoms. The first-order chi connectivity index (χ1) is 12.9. The number of primary amides is 2. The summed E-state index contributed by atoms with van der Waals surface area (Å²) in [5.41, 5.74) is 9.71. The molecule has 0 bridgehead atoms. The van der Waals surface area contributed by atoms with Crippen molar-refractivity contribution in [2.24, 2.45) is 11.5 Å². The van der Waals surface area contributed by atoms with Crippen molar-refractivity contribution in [2.75, 3.05) is 0 Å². The molecule has 0 spiro atoms. The third-order valence-electron chi connectivity index (χ3n) is 4.34. The SMILES string of the molecule is CCCCCCCCCCCCCCC(=O)O.NC(=O)CCCCC(N)=O.[NaH]. The molecule has 0 radical (unpaired) electrons. The van der Waals surface area contributed by atoms with E-state index in [1.165, 1.54) is 64.2 Å². The van der Waals surface area contributed by atoms with Crippen LogP contribution in [0.5, 0.6) is 0 Å². The molecule has 162 valence electrons. The second-order valence-corrected chi connectivity index (χ2v) is 7.17. The standard InChI is InChI=1S/C15H30O2.C6H12N2O2.Na.H/c1-2-3-4-5-6-7-8-9-10-11-12-13-14-15(16)17;7-5(9)3-1-2-4-6(8)10;;/h2-14H2,1H3,(H,16,17);1-4H2,(H2,7,9)(H2,8,10);;. The fraction of sp³-hybridized carbons (Fsp3) is 0.857. The van der Waals surface area contributed by atoms with Crippen LogP contribution in [0.1, 0.15) is 116 Å². The molecule has 0 aliphatic heterocycles. The van der Waals surface area contributed by atoms with Crippen molar-refractivity contribution in [3.63, 3.8) is 0 Å². The van der Waals surface area contributed by atoms with Gasteiger partial charge in [-0.15, -0.1) is 0 Å².